The fraction of sp³-hybridized carbons (Fsp3) is 0.360. The van der Waals surface area contributed by atoms with E-state index in [9.17, 15) is 0 Å². The van der Waals surface area contributed by atoms with Crippen molar-refractivity contribution in [3.63, 3.8) is 0 Å². The molecule has 6 aromatic rings. The Morgan fingerprint density at radius 3 is 1.69 bits per heavy atom. The molecule has 54 heavy (non-hydrogen) atoms. The minimum Gasteiger partial charge on any atom is -0.468 e. The molecule has 9 rings (SSSR count). The summed E-state index contributed by atoms with van der Waals surface area (Å²) in [5.74, 6) is 0.541. The Balaban J connectivity index is 1.38. The zero-order valence-electron chi connectivity index (χ0n) is 33.8. The number of hydrogen-bond acceptors (Lipinski definition) is 3. The third kappa shape index (κ3) is 5.71. The molecule has 0 unspecified atom stereocenters. The molecule has 0 atom stereocenters. The highest BCUT2D eigenvalue weighted by Crippen LogP contribution is 2.49. The van der Waals surface area contributed by atoms with Crippen LogP contribution in [0.4, 0.5) is 34.1 Å². The molecule has 1 aromatic heterocycles. The van der Waals surface area contributed by atoms with Gasteiger partial charge in [0.25, 0.3) is 6.71 Å². The van der Waals surface area contributed by atoms with E-state index in [-0.39, 0.29) is 23.0 Å². The maximum atomic E-state index is 7.10. The van der Waals surface area contributed by atoms with Gasteiger partial charge in [-0.15, -0.1) is 0 Å². The van der Waals surface area contributed by atoms with Gasteiger partial charge in [0, 0.05) is 33.8 Å². The molecule has 0 N–H and O–H groups in total. The van der Waals surface area contributed by atoms with E-state index in [0.29, 0.717) is 5.92 Å². The van der Waals surface area contributed by atoms with E-state index in [1.165, 1.54) is 99.4 Å². The van der Waals surface area contributed by atoms with Crippen LogP contribution in [0.3, 0.4) is 0 Å². The highest BCUT2D eigenvalue weighted by atomic mass is 16.3. The second kappa shape index (κ2) is 12.4. The first-order valence-corrected chi connectivity index (χ1v) is 20.3. The molecule has 5 aromatic carbocycles. The van der Waals surface area contributed by atoms with E-state index < -0.39 is 0 Å². The van der Waals surface area contributed by atoms with Crippen LogP contribution in [-0.2, 0) is 16.2 Å². The molecule has 3 aliphatic rings. The van der Waals surface area contributed by atoms with Gasteiger partial charge < -0.3 is 14.2 Å². The Kier molecular flexibility index (Phi) is 8.06. The molecule has 1 saturated carbocycles. The first kappa shape index (κ1) is 35.0. The lowest BCUT2D eigenvalue weighted by Crippen LogP contribution is -2.61. The Labute approximate surface area is 323 Å². The number of nitrogens with zero attached hydrogens (tertiary/aromatic N) is 2. The summed E-state index contributed by atoms with van der Waals surface area (Å²) in [5, 5.41) is 1.16. The number of furan rings is 1. The molecule has 3 nitrogen and oxygen atoms in total. The molecular formula is C50H55BN2O. The normalized spacial score (nSPS) is 16.1. The third-order valence-corrected chi connectivity index (χ3v) is 12.5. The van der Waals surface area contributed by atoms with Gasteiger partial charge in [0.2, 0.25) is 0 Å². The van der Waals surface area contributed by atoms with Crippen molar-refractivity contribution in [1.29, 1.82) is 0 Å². The van der Waals surface area contributed by atoms with E-state index in [1.807, 2.05) is 0 Å². The number of para-hydroxylation sites is 1. The van der Waals surface area contributed by atoms with Gasteiger partial charge in [0.15, 0.2) is 0 Å². The first-order valence-electron chi connectivity index (χ1n) is 20.3. The molecule has 1 fully saturated rings. The summed E-state index contributed by atoms with van der Waals surface area (Å²) in [7, 11) is 0. The number of benzene rings is 5. The summed E-state index contributed by atoms with van der Waals surface area (Å²) in [6, 6.07) is 39.7. The lowest BCUT2D eigenvalue weighted by Gasteiger charge is -2.43. The van der Waals surface area contributed by atoms with Crippen molar-refractivity contribution >= 4 is 68.4 Å². The molecule has 0 spiro atoms. The van der Waals surface area contributed by atoms with E-state index in [4.69, 9.17) is 4.42 Å². The SMILES string of the molecule is CC(C)(C)c1ccc(N2c3cc(C(C)(C)C)ccc3B3c4oc5ccccc5c4N(c4ccc(C(C)(C)C)cc4)c4cc(C5CCCCC5)cc2c43)cc1. The first-order chi connectivity index (χ1) is 25.7. The Hall–Kier alpha value is -4.70. The quantitative estimate of drug-likeness (QED) is 0.170. The van der Waals surface area contributed by atoms with Gasteiger partial charge in [0.05, 0.1) is 11.3 Å². The van der Waals surface area contributed by atoms with Gasteiger partial charge in [-0.25, -0.2) is 0 Å². The Bertz CT molecular complexity index is 2370. The predicted octanol–water partition coefficient (Wildman–Crippen LogP) is 12.5. The van der Waals surface area contributed by atoms with Crippen LogP contribution in [0.1, 0.15) is 123 Å². The van der Waals surface area contributed by atoms with Crippen molar-refractivity contribution in [2.75, 3.05) is 9.80 Å². The van der Waals surface area contributed by atoms with Gasteiger partial charge in [0.1, 0.15) is 5.58 Å². The van der Waals surface area contributed by atoms with Crippen LogP contribution in [0.25, 0.3) is 11.0 Å². The zero-order valence-corrected chi connectivity index (χ0v) is 33.8. The molecule has 0 bridgehead atoms. The van der Waals surface area contributed by atoms with Crippen LogP contribution in [0.15, 0.2) is 108 Å². The molecule has 4 heteroatoms. The zero-order chi connectivity index (χ0) is 37.7. The molecule has 274 valence electrons. The van der Waals surface area contributed by atoms with Crippen molar-refractivity contribution in [1.82, 2.24) is 0 Å². The lowest BCUT2D eigenvalue weighted by molar-refractivity contribution is 0.444. The summed E-state index contributed by atoms with van der Waals surface area (Å²) >= 11 is 0. The summed E-state index contributed by atoms with van der Waals surface area (Å²) in [6.07, 6.45) is 6.41. The molecular weight excluding hydrogens is 655 g/mol. The van der Waals surface area contributed by atoms with Crippen molar-refractivity contribution in [2.45, 2.75) is 117 Å². The minimum absolute atomic E-state index is 0.000715. The van der Waals surface area contributed by atoms with Crippen molar-refractivity contribution in [3.8, 4) is 0 Å². The second-order valence-corrected chi connectivity index (χ2v) is 19.3. The maximum Gasteiger partial charge on any atom is 0.297 e. The van der Waals surface area contributed by atoms with Gasteiger partial charge in [-0.2, -0.15) is 0 Å². The van der Waals surface area contributed by atoms with E-state index in [2.05, 4.69) is 175 Å². The van der Waals surface area contributed by atoms with E-state index in [1.54, 1.807) is 0 Å². The summed E-state index contributed by atoms with van der Waals surface area (Å²) in [4.78, 5) is 5.14. The standard InChI is InChI=1S/C50H55BN2O/c1-48(2,3)34-19-24-37(25-20-34)52-41-31-36(50(7,8)9)23-28-40(41)51-45-42(52)29-33(32-15-11-10-12-16-32)30-43(45)53(38-26-21-35(22-27-38)49(4,5)6)46-39-17-13-14-18-44(39)54-47(46)51/h13-14,17-32H,10-12,15-16H2,1-9H3. The number of hydrogen-bond donors (Lipinski definition) is 0. The van der Waals surface area contributed by atoms with Crippen LogP contribution < -0.4 is 26.4 Å². The average molecular weight is 711 g/mol. The molecule has 0 amide bonds. The van der Waals surface area contributed by atoms with E-state index >= 15 is 0 Å². The van der Waals surface area contributed by atoms with Crippen LogP contribution >= 0.6 is 0 Å². The van der Waals surface area contributed by atoms with Gasteiger partial charge >= 0.3 is 0 Å². The molecule has 1 aliphatic carbocycles. The van der Waals surface area contributed by atoms with Crippen LogP contribution in [-0.4, -0.2) is 6.71 Å². The van der Waals surface area contributed by atoms with Gasteiger partial charge in [-0.05, 0) is 123 Å². The monoisotopic (exact) mass is 710 g/mol. The highest BCUT2D eigenvalue weighted by Gasteiger charge is 2.47. The number of fused-ring (bicyclic) bond motifs is 6. The molecule has 0 saturated heterocycles. The van der Waals surface area contributed by atoms with Gasteiger partial charge in [-0.3, -0.25) is 0 Å². The molecule has 3 heterocycles. The van der Waals surface area contributed by atoms with Crippen LogP contribution in [0.2, 0.25) is 0 Å². The third-order valence-electron chi connectivity index (χ3n) is 12.5. The van der Waals surface area contributed by atoms with Gasteiger partial charge in [-0.1, -0.05) is 130 Å². The van der Waals surface area contributed by atoms with Crippen molar-refractivity contribution in [3.05, 3.63) is 125 Å². The smallest absolute Gasteiger partial charge is 0.297 e. The second-order valence-electron chi connectivity index (χ2n) is 19.3. The summed E-state index contributed by atoms with van der Waals surface area (Å²) in [6.45, 7) is 20.7. The average Bonchev–Trinajstić information content (AvgIpc) is 3.53. The van der Waals surface area contributed by atoms with Crippen LogP contribution in [0, 0.1) is 0 Å². The van der Waals surface area contributed by atoms with Crippen molar-refractivity contribution in [2.24, 2.45) is 0 Å². The minimum atomic E-state index is -0.0444. The topological polar surface area (TPSA) is 19.6 Å². The predicted molar refractivity (Wildman–Crippen MR) is 232 cm³/mol. The summed E-state index contributed by atoms with van der Waals surface area (Å²) in [5.41, 5.74) is 17.6. The Morgan fingerprint density at radius 1 is 0.556 bits per heavy atom. The lowest BCUT2D eigenvalue weighted by atomic mass is 9.35. The molecule has 0 radical (unpaired) electrons. The summed E-state index contributed by atoms with van der Waals surface area (Å²) < 4.78 is 7.10. The van der Waals surface area contributed by atoms with Crippen LogP contribution in [0.5, 0.6) is 0 Å². The highest BCUT2D eigenvalue weighted by molar-refractivity contribution is 7.00. The number of anilines is 6. The molecule has 2 aliphatic heterocycles. The largest absolute Gasteiger partial charge is 0.468 e. The number of rotatable bonds is 3. The maximum absolute atomic E-state index is 7.10. The Morgan fingerprint density at radius 2 is 1.09 bits per heavy atom. The fourth-order valence-electron chi connectivity index (χ4n) is 9.35. The fourth-order valence-corrected chi connectivity index (χ4v) is 9.35. The van der Waals surface area contributed by atoms with E-state index in [0.717, 1.165) is 16.6 Å². The van der Waals surface area contributed by atoms with Crippen molar-refractivity contribution < 1.29 is 4.42 Å².